The molecule has 2 aliphatic carbocycles. The van der Waals surface area contributed by atoms with Gasteiger partial charge < -0.3 is 14.2 Å². The molecule has 4 unspecified atom stereocenters. The average molecular weight is 413 g/mol. The molecule has 0 amide bonds. The Hall–Kier alpha value is -2.63. The number of hydrogen-bond donors (Lipinski definition) is 0. The summed E-state index contributed by atoms with van der Waals surface area (Å²) in [4.78, 5) is 16.0. The molecule has 0 saturated heterocycles. The highest BCUT2D eigenvalue weighted by atomic mass is 19.1. The Bertz CT molecular complexity index is 914. The normalized spacial score (nSPS) is 22.1. The van der Waals surface area contributed by atoms with Crippen LogP contribution in [0.15, 0.2) is 36.5 Å². The minimum atomic E-state index is -0.297. The lowest BCUT2D eigenvalue weighted by atomic mass is 9.83. The zero-order valence-electron chi connectivity index (χ0n) is 17.6. The molecule has 160 valence electrons. The number of carbonyl (C=O) groups excluding carboxylic acids is 1. The van der Waals surface area contributed by atoms with Gasteiger partial charge in [-0.1, -0.05) is 19.1 Å². The Morgan fingerprint density at radius 3 is 2.77 bits per heavy atom. The third-order valence-corrected chi connectivity index (χ3v) is 6.34. The van der Waals surface area contributed by atoms with Crippen molar-refractivity contribution in [1.29, 1.82) is 0 Å². The van der Waals surface area contributed by atoms with Gasteiger partial charge in [-0.3, -0.25) is 4.79 Å². The maximum atomic E-state index is 14.1. The van der Waals surface area contributed by atoms with Gasteiger partial charge in [0, 0.05) is 12.0 Å². The molecule has 2 fully saturated rings. The topological polar surface area (TPSA) is 57.7 Å². The van der Waals surface area contributed by atoms with Crippen LogP contribution in [0.4, 0.5) is 4.39 Å². The highest BCUT2D eigenvalue weighted by Crippen LogP contribution is 2.49. The van der Waals surface area contributed by atoms with Crippen molar-refractivity contribution in [3.63, 3.8) is 0 Å². The second-order valence-electron chi connectivity index (χ2n) is 8.41. The molecule has 30 heavy (non-hydrogen) atoms. The molecular weight excluding hydrogens is 385 g/mol. The van der Waals surface area contributed by atoms with Crippen LogP contribution in [0.3, 0.4) is 0 Å². The minimum absolute atomic E-state index is 0.128. The monoisotopic (exact) mass is 413 g/mol. The smallest absolute Gasteiger partial charge is 0.309 e. The average Bonchev–Trinajstić information content (AvgIpc) is 3.68. The van der Waals surface area contributed by atoms with Crippen LogP contribution >= 0.6 is 0 Å². The molecule has 1 heterocycles. The van der Waals surface area contributed by atoms with Crippen LogP contribution in [-0.4, -0.2) is 31.8 Å². The van der Waals surface area contributed by atoms with Gasteiger partial charge in [-0.15, -0.1) is 0 Å². The van der Waals surface area contributed by atoms with Crippen molar-refractivity contribution in [1.82, 2.24) is 4.98 Å². The van der Waals surface area contributed by atoms with E-state index in [2.05, 4.69) is 11.1 Å². The fraction of sp³-hybridized carbons (Fsp3) is 0.500. The Labute approximate surface area is 176 Å². The lowest BCUT2D eigenvalue weighted by Gasteiger charge is -2.23. The Morgan fingerprint density at radius 1 is 1.27 bits per heavy atom. The van der Waals surface area contributed by atoms with Gasteiger partial charge >= 0.3 is 5.97 Å². The van der Waals surface area contributed by atoms with E-state index in [-0.39, 0.29) is 35.5 Å². The lowest BCUT2D eigenvalue weighted by molar-refractivity contribution is -0.145. The molecule has 6 heteroatoms. The van der Waals surface area contributed by atoms with Crippen molar-refractivity contribution in [3.8, 4) is 11.6 Å². The van der Waals surface area contributed by atoms with Crippen molar-refractivity contribution >= 4 is 5.97 Å². The summed E-state index contributed by atoms with van der Waals surface area (Å²) >= 11 is 0. The van der Waals surface area contributed by atoms with Crippen LogP contribution in [0, 0.1) is 23.6 Å². The number of esters is 1. The maximum Gasteiger partial charge on any atom is 0.309 e. The van der Waals surface area contributed by atoms with Gasteiger partial charge in [-0.2, -0.15) is 0 Å². The highest BCUT2D eigenvalue weighted by Gasteiger charge is 2.41. The van der Waals surface area contributed by atoms with Crippen molar-refractivity contribution < 1.29 is 23.4 Å². The quantitative estimate of drug-likeness (QED) is 0.557. The molecule has 0 spiro atoms. The van der Waals surface area contributed by atoms with Crippen LogP contribution in [-0.2, 0) is 9.53 Å². The number of aromatic nitrogens is 1. The van der Waals surface area contributed by atoms with Gasteiger partial charge in [0.05, 0.1) is 32.9 Å². The van der Waals surface area contributed by atoms with E-state index in [0.29, 0.717) is 24.0 Å². The van der Waals surface area contributed by atoms with E-state index in [1.54, 1.807) is 6.07 Å². The maximum absolute atomic E-state index is 14.1. The number of hydrogen-bond acceptors (Lipinski definition) is 5. The van der Waals surface area contributed by atoms with E-state index in [0.717, 1.165) is 30.6 Å². The van der Waals surface area contributed by atoms with Crippen molar-refractivity contribution in [2.45, 2.75) is 38.0 Å². The molecule has 0 N–H and O–H groups in total. The van der Waals surface area contributed by atoms with Crippen molar-refractivity contribution in [3.05, 3.63) is 53.5 Å². The zero-order chi connectivity index (χ0) is 21.3. The van der Waals surface area contributed by atoms with E-state index in [4.69, 9.17) is 14.2 Å². The number of ether oxygens (including phenoxy) is 3. The summed E-state index contributed by atoms with van der Waals surface area (Å²) in [6.07, 6.45) is 4.38. The van der Waals surface area contributed by atoms with Crippen LogP contribution in [0.5, 0.6) is 11.6 Å². The number of pyridine rings is 1. The number of nitrogens with zero attached hydrogens (tertiary/aromatic N) is 1. The Kier molecular flexibility index (Phi) is 5.93. The second-order valence-corrected chi connectivity index (χ2v) is 8.41. The summed E-state index contributed by atoms with van der Waals surface area (Å²) < 4.78 is 30.3. The van der Waals surface area contributed by atoms with Gasteiger partial charge in [-0.05, 0) is 60.3 Å². The van der Waals surface area contributed by atoms with Crippen LogP contribution in [0.2, 0.25) is 0 Å². The number of halogens is 1. The molecule has 4 atom stereocenters. The predicted molar refractivity (Wildman–Crippen MR) is 110 cm³/mol. The summed E-state index contributed by atoms with van der Waals surface area (Å²) in [6, 6.07) is 9.68. The molecule has 1 aromatic carbocycles. The molecule has 0 bridgehead atoms. The van der Waals surface area contributed by atoms with Gasteiger partial charge in [0.1, 0.15) is 11.6 Å². The van der Waals surface area contributed by atoms with Crippen LogP contribution in [0.25, 0.3) is 0 Å². The first-order valence-electron chi connectivity index (χ1n) is 10.5. The van der Waals surface area contributed by atoms with Gasteiger partial charge in [0.2, 0.25) is 5.88 Å². The number of benzene rings is 1. The van der Waals surface area contributed by atoms with E-state index < -0.39 is 0 Å². The summed E-state index contributed by atoms with van der Waals surface area (Å²) in [6.45, 7) is 2.47. The first-order valence-corrected chi connectivity index (χ1v) is 10.5. The lowest BCUT2D eigenvalue weighted by Crippen LogP contribution is -2.22. The fourth-order valence-corrected chi connectivity index (χ4v) is 4.41. The zero-order valence-corrected chi connectivity index (χ0v) is 17.6. The molecule has 0 aliphatic heterocycles. The number of rotatable bonds is 9. The first-order chi connectivity index (χ1) is 14.5. The van der Waals surface area contributed by atoms with E-state index >= 15 is 0 Å². The van der Waals surface area contributed by atoms with E-state index in [1.807, 2.05) is 25.1 Å². The molecule has 4 rings (SSSR count). The molecule has 2 aliphatic rings. The fourth-order valence-electron chi connectivity index (χ4n) is 4.41. The Balaban J connectivity index is 1.40. The summed E-state index contributed by atoms with van der Waals surface area (Å²) in [5.74, 6) is 1.62. The third kappa shape index (κ3) is 4.42. The van der Waals surface area contributed by atoms with Gasteiger partial charge in [0.25, 0.3) is 0 Å². The Morgan fingerprint density at radius 2 is 2.07 bits per heavy atom. The molecule has 1 aromatic heterocycles. The van der Waals surface area contributed by atoms with E-state index in [9.17, 15) is 9.18 Å². The van der Waals surface area contributed by atoms with Crippen LogP contribution < -0.4 is 9.47 Å². The number of methoxy groups -OCH3 is 2. The van der Waals surface area contributed by atoms with Crippen molar-refractivity contribution in [2.75, 3.05) is 20.8 Å². The number of carbonyl (C=O) groups is 1. The van der Waals surface area contributed by atoms with Gasteiger partial charge in [-0.25, -0.2) is 9.37 Å². The predicted octanol–water partition coefficient (Wildman–Crippen LogP) is 4.71. The first kappa shape index (κ1) is 20.6. The summed E-state index contributed by atoms with van der Waals surface area (Å²) in [7, 11) is 2.97. The SMILES string of the molecule is COC(=O)C(C)C(c1cccc(OCC2CC2c2cc(OC)ncc2F)c1)C1CC1. The molecule has 2 aromatic rings. The highest BCUT2D eigenvalue weighted by molar-refractivity contribution is 5.73. The van der Waals surface area contributed by atoms with Crippen molar-refractivity contribution in [2.24, 2.45) is 17.8 Å². The molecule has 5 nitrogen and oxygen atoms in total. The largest absolute Gasteiger partial charge is 0.493 e. The van der Waals surface area contributed by atoms with Crippen LogP contribution in [0.1, 0.15) is 49.1 Å². The molecule has 0 radical (unpaired) electrons. The molecular formula is C24H28FNO4. The standard InChI is InChI=1S/C24H28FNO4/c1-14(24(27)29-3)23(15-7-8-15)16-5-4-6-18(9-16)30-13-17-10-19(17)20-11-22(28-2)26-12-21(20)25/h4-6,9,11-12,14-15,17,19,23H,7-8,10,13H2,1-3H3. The molecule has 2 saturated carbocycles. The summed E-state index contributed by atoms with van der Waals surface area (Å²) in [5.41, 5.74) is 1.76. The third-order valence-electron chi connectivity index (χ3n) is 6.34. The summed E-state index contributed by atoms with van der Waals surface area (Å²) in [5, 5.41) is 0. The van der Waals surface area contributed by atoms with Gasteiger partial charge in [0.15, 0.2) is 0 Å². The second kappa shape index (κ2) is 8.62. The van der Waals surface area contributed by atoms with E-state index in [1.165, 1.54) is 20.4 Å². The minimum Gasteiger partial charge on any atom is -0.493 e.